The van der Waals surface area contributed by atoms with E-state index in [4.69, 9.17) is 4.74 Å². The van der Waals surface area contributed by atoms with Gasteiger partial charge in [0.2, 0.25) is 0 Å². The molecule has 0 spiro atoms. The zero-order chi connectivity index (χ0) is 11.9. The summed E-state index contributed by atoms with van der Waals surface area (Å²) in [5.74, 6) is 0.885. The van der Waals surface area contributed by atoms with Gasteiger partial charge in [-0.15, -0.1) is 21.5 Å². The number of nitrogens with one attached hydrogen (secondary N) is 1. The summed E-state index contributed by atoms with van der Waals surface area (Å²) in [4.78, 5) is 0. The summed E-state index contributed by atoms with van der Waals surface area (Å²) in [6, 6.07) is 0. The van der Waals surface area contributed by atoms with Gasteiger partial charge in [0.05, 0.1) is 6.61 Å². The smallest absolute Gasteiger partial charge is 0.118 e. The van der Waals surface area contributed by atoms with Crippen molar-refractivity contribution < 1.29 is 4.74 Å². The van der Waals surface area contributed by atoms with Crippen LogP contribution in [0.5, 0.6) is 0 Å². The van der Waals surface area contributed by atoms with Crippen LogP contribution < -0.4 is 5.32 Å². The highest BCUT2D eigenvalue weighted by Gasteiger charge is 2.19. The fourth-order valence-corrected chi connectivity index (χ4v) is 2.87. The van der Waals surface area contributed by atoms with Crippen LogP contribution in [-0.2, 0) is 17.6 Å². The lowest BCUT2D eigenvalue weighted by atomic mass is 9.83. The molecule has 1 N–H and O–H groups in total. The zero-order valence-corrected chi connectivity index (χ0v) is 11.3. The minimum atomic E-state index is 0.767. The average molecular weight is 255 g/mol. The molecule has 1 fully saturated rings. The van der Waals surface area contributed by atoms with Crippen LogP contribution in [0.1, 0.15) is 29.3 Å². The number of hydrogen-bond donors (Lipinski definition) is 1. The van der Waals surface area contributed by atoms with Gasteiger partial charge in [0.1, 0.15) is 10.0 Å². The van der Waals surface area contributed by atoms with Gasteiger partial charge < -0.3 is 10.1 Å². The van der Waals surface area contributed by atoms with Gasteiger partial charge in [0, 0.05) is 33.0 Å². The van der Waals surface area contributed by atoms with Crippen molar-refractivity contribution >= 4 is 11.3 Å². The second-order valence-electron chi connectivity index (χ2n) is 4.58. The average Bonchev–Trinajstić information content (AvgIpc) is 2.71. The van der Waals surface area contributed by atoms with E-state index < -0.39 is 0 Å². The Balaban J connectivity index is 1.63. The van der Waals surface area contributed by atoms with Crippen molar-refractivity contribution in [2.45, 2.75) is 32.1 Å². The number of ether oxygens (including phenoxy) is 1. The van der Waals surface area contributed by atoms with Gasteiger partial charge in [-0.05, 0) is 5.92 Å². The lowest BCUT2D eigenvalue weighted by Crippen LogP contribution is -2.21. The van der Waals surface area contributed by atoms with Gasteiger partial charge in [-0.25, -0.2) is 0 Å². The number of nitrogens with zero attached hydrogens (tertiary/aromatic N) is 2. The first-order valence-electron chi connectivity index (χ1n) is 6.39. The number of aromatic nitrogens is 2. The predicted octanol–water partition coefficient (Wildman–Crippen LogP) is 1.66. The lowest BCUT2D eigenvalue weighted by Gasteiger charge is -2.23. The summed E-state index contributed by atoms with van der Waals surface area (Å²) < 4.78 is 4.97. The van der Waals surface area contributed by atoms with Crippen molar-refractivity contribution in [1.29, 1.82) is 0 Å². The van der Waals surface area contributed by atoms with E-state index in [0.29, 0.717) is 0 Å². The SMILES string of the molecule is COCCNCCc1nnc(CC2CCC2)s1. The van der Waals surface area contributed by atoms with E-state index >= 15 is 0 Å². The molecule has 1 aromatic heterocycles. The highest BCUT2D eigenvalue weighted by atomic mass is 32.1. The van der Waals surface area contributed by atoms with Crippen LogP contribution in [0.25, 0.3) is 0 Å². The van der Waals surface area contributed by atoms with E-state index in [2.05, 4.69) is 15.5 Å². The van der Waals surface area contributed by atoms with Gasteiger partial charge >= 0.3 is 0 Å². The predicted molar refractivity (Wildman–Crippen MR) is 69.4 cm³/mol. The van der Waals surface area contributed by atoms with Crippen molar-refractivity contribution in [2.24, 2.45) is 5.92 Å². The molecule has 96 valence electrons. The van der Waals surface area contributed by atoms with E-state index in [1.165, 1.54) is 24.3 Å². The second-order valence-corrected chi connectivity index (χ2v) is 5.73. The zero-order valence-electron chi connectivity index (χ0n) is 10.4. The molecule has 1 saturated carbocycles. The maximum Gasteiger partial charge on any atom is 0.118 e. The topological polar surface area (TPSA) is 47.0 Å². The van der Waals surface area contributed by atoms with Crippen LogP contribution in [0.3, 0.4) is 0 Å². The third kappa shape index (κ3) is 4.33. The molecular formula is C12H21N3OS. The van der Waals surface area contributed by atoms with Crippen LogP contribution >= 0.6 is 11.3 Å². The van der Waals surface area contributed by atoms with Crippen LogP contribution in [-0.4, -0.2) is 37.0 Å². The quantitative estimate of drug-likeness (QED) is 0.718. The fourth-order valence-electron chi connectivity index (χ4n) is 1.91. The van der Waals surface area contributed by atoms with Gasteiger partial charge in [0.15, 0.2) is 0 Å². The molecule has 0 radical (unpaired) electrons. The maximum absolute atomic E-state index is 4.97. The molecule has 4 nitrogen and oxygen atoms in total. The molecule has 1 aliphatic rings. The minimum absolute atomic E-state index is 0.767. The molecule has 17 heavy (non-hydrogen) atoms. The Bertz CT molecular complexity index is 325. The first kappa shape index (κ1) is 12.9. The molecule has 0 amide bonds. The first-order valence-corrected chi connectivity index (χ1v) is 7.21. The van der Waals surface area contributed by atoms with Crippen LogP contribution in [0, 0.1) is 5.92 Å². The highest BCUT2D eigenvalue weighted by Crippen LogP contribution is 2.30. The summed E-state index contributed by atoms with van der Waals surface area (Å²) in [6.07, 6.45) is 6.29. The third-order valence-electron chi connectivity index (χ3n) is 3.20. The van der Waals surface area contributed by atoms with E-state index in [1.54, 1.807) is 18.4 Å². The van der Waals surface area contributed by atoms with Crippen molar-refractivity contribution in [2.75, 3.05) is 26.8 Å². The van der Waals surface area contributed by atoms with Crippen LogP contribution in [0.15, 0.2) is 0 Å². The normalized spacial score (nSPS) is 16.1. The molecule has 0 unspecified atom stereocenters. The number of methoxy groups -OCH3 is 1. The Morgan fingerprint density at radius 1 is 1.29 bits per heavy atom. The molecule has 1 aromatic rings. The highest BCUT2D eigenvalue weighted by molar-refractivity contribution is 7.11. The van der Waals surface area contributed by atoms with Crippen molar-refractivity contribution in [3.05, 3.63) is 10.0 Å². The van der Waals surface area contributed by atoms with E-state index in [0.717, 1.165) is 43.5 Å². The molecule has 2 rings (SSSR count). The Morgan fingerprint density at radius 3 is 2.82 bits per heavy atom. The van der Waals surface area contributed by atoms with Gasteiger partial charge in [-0.2, -0.15) is 0 Å². The van der Waals surface area contributed by atoms with Crippen LogP contribution in [0.2, 0.25) is 0 Å². The molecule has 1 heterocycles. The molecule has 5 heteroatoms. The van der Waals surface area contributed by atoms with Crippen molar-refractivity contribution in [3.63, 3.8) is 0 Å². The molecular weight excluding hydrogens is 234 g/mol. The Kier molecular flexibility index (Phi) is 5.35. The Labute approximate surface area is 107 Å². The number of hydrogen-bond acceptors (Lipinski definition) is 5. The monoisotopic (exact) mass is 255 g/mol. The Morgan fingerprint density at radius 2 is 2.12 bits per heavy atom. The molecule has 0 bridgehead atoms. The molecule has 1 aliphatic carbocycles. The van der Waals surface area contributed by atoms with Crippen molar-refractivity contribution in [1.82, 2.24) is 15.5 Å². The van der Waals surface area contributed by atoms with Crippen molar-refractivity contribution in [3.8, 4) is 0 Å². The summed E-state index contributed by atoms with van der Waals surface area (Å²) >= 11 is 1.78. The summed E-state index contributed by atoms with van der Waals surface area (Å²) in [6.45, 7) is 2.63. The Hall–Kier alpha value is -0.520. The van der Waals surface area contributed by atoms with Gasteiger partial charge in [-0.3, -0.25) is 0 Å². The first-order chi connectivity index (χ1) is 8.38. The largest absolute Gasteiger partial charge is 0.383 e. The molecule has 0 saturated heterocycles. The van der Waals surface area contributed by atoms with E-state index in [9.17, 15) is 0 Å². The minimum Gasteiger partial charge on any atom is -0.383 e. The summed E-state index contributed by atoms with van der Waals surface area (Å²) in [5, 5.41) is 14.2. The van der Waals surface area contributed by atoms with Gasteiger partial charge in [-0.1, -0.05) is 19.3 Å². The van der Waals surface area contributed by atoms with E-state index in [1.807, 2.05) is 0 Å². The molecule has 0 atom stereocenters. The fraction of sp³-hybridized carbons (Fsp3) is 0.833. The molecule has 0 aromatic carbocycles. The second kappa shape index (κ2) is 7.03. The number of rotatable bonds is 8. The van der Waals surface area contributed by atoms with E-state index in [-0.39, 0.29) is 0 Å². The maximum atomic E-state index is 4.97. The molecule has 0 aliphatic heterocycles. The lowest BCUT2D eigenvalue weighted by molar-refractivity contribution is 0.199. The van der Waals surface area contributed by atoms with Crippen LogP contribution in [0.4, 0.5) is 0 Å². The third-order valence-corrected chi connectivity index (χ3v) is 4.20. The summed E-state index contributed by atoms with van der Waals surface area (Å²) in [7, 11) is 1.72. The summed E-state index contributed by atoms with van der Waals surface area (Å²) in [5.41, 5.74) is 0. The standard InChI is InChI=1S/C12H21N3OS/c1-16-8-7-13-6-5-11-14-15-12(17-11)9-10-3-2-4-10/h10,13H,2-9H2,1H3. The van der Waals surface area contributed by atoms with Gasteiger partial charge in [0.25, 0.3) is 0 Å².